The minimum absolute atomic E-state index is 0.200. The zero-order valence-electron chi connectivity index (χ0n) is 11.3. The minimum Gasteiger partial charge on any atom is -0.481 e. The Hall–Kier alpha value is -2.30. The molecule has 0 spiro atoms. The van der Waals surface area contributed by atoms with E-state index in [4.69, 9.17) is 4.74 Å². The molecule has 0 fully saturated rings. The predicted molar refractivity (Wildman–Crippen MR) is 73.1 cm³/mol. The highest BCUT2D eigenvalue weighted by atomic mass is 16.5. The maximum absolute atomic E-state index is 11.9. The Bertz CT molecular complexity index is 578. The van der Waals surface area contributed by atoms with Crippen LogP contribution in [0.15, 0.2) is 36.7 Å². The molecule has 19 heavy (non-hydrogen) atoms. The second-order valence-electron chi connectivity index (χ2n) is 4.47. The lowest BCUT2D eigenvalue weighted by molar-refractivity contribution is -0.122. The van der Waals surface area contributed by atoms with Gasteiger partial charge in [-0.15, -0.1) is 0 Å². The van der Waals surface area contributed by atoms with E-state index in [1.807, 2.05) is 31.2 Å². The van der Waals surface area contributed by atoms with Gasteiger partial charge in [-0.3, -0.25) is 9.48 Å². The number of hydrogen-bond donors (Lipinski definition) is 1. The molecule has 1 aromatic heterocycles. The van der Waals surface area contributed by atoms with Crippen LogP contribution < -0.4 is 10.1 Å². The van der Waals surface area contributed by atoms with Crippen LogP contribution in [0.3, 0.4) is 0 Å². The number of carbonyl (C=O) groups is 1. The van der Waals surface area contributed by atoms with Gasteiger partial charge in [0, 0.05) is 13.2 Å². The number of nitrogens with one attached hydrogen (secondary N) is 1. The SMILES string of the molecule is Cc1cccc(OC(C)C(=O)Nc2cnn(C)c2)c1. The van der Waals surface area contributed by atoms with Gasteiger partial charge in [-0.05, 0) is 31.5 Å². The average molecular weight is 259 g/mol. The number of nitrogens with zero attached hydrogens (tertiary/aromatic N) is 2. The van der Waals surface area contributed by atoms with Crippen LogP contribution in [0.25, 0.3) is 0 Å². The first-order chi connectivity index (χ1) is 9.04. The molecular formula is C14H17N3O2. The Morgan fingerprint density at radius 2 is 2.26 bits per heavy atom. The fraction of sp³-hybridized carbons (Fsp3) is 0.286. The van der Waals surface area contributed by atoms with Gasteiger partial charge in [-0.25, -0.2) is 0 Å². The van der Waals surface area contributed by atoms with Crippen molar-refractivity contribution in [2.45, 2.75) is 20.0 Å². The molecule has 0 aliphatic heterocycles. The van der Waals surface area contributed by atoms with Gasteiger partial charge in [0.2, 0.25) is 0 Å². The molecule has 2 aromatic rings. The summed E-state index contributed by atoms with van der Waals surface area (Å²) in [6, 6.07) is 7.61. The first kappa shape index (κ1) is 13.1. The van der Waals surface area contributed by atoms with E-state index in [1.54, 1.807) is 31.0 Å². The Morgan fingerprint density at radius 3 is 2.89 bits per heavy atom. The molecule has 1 aromatic carbocycles. The van der Waals surface area contributed by atoms with Crippen molar-refractivity contribution < 1.29 is 9.53 Å². The summed E-state index contributed by atoms with van der Waals surface area (Å²) >= 11 is 0. The summed E-state index contributed by atoms with van der Waals surface area (Å²) < 4.78 is 7.22. The van der Waals surface area contributed by atoms with Gasteiger partial charge < -0.3 is 10.1 Å². The second kappa shape index (κ2) is 5.56. The summed E-state index contributed by atoms with van der Waals surface area (Å²) in [5.41, 5.74) is 1.75. The monoisotopic (exact) mass is 259 g/mol. The van der Waals surface area contributed by atoms with Crippen molar-refractivity contribution in [3.05, 3.63) is 42.2 Å². The first-order valence-electron chi connectivity index (χ1n) is 6.07. The Morgan fingerprint density at radius 1 is 1.47 bits per heavy atom. The molecule has 2 rings (SSSR count). The zero-order chi connectivity index (χ0) is 13.8. The van der Waals surface area contributed by atoms with Crippen molar-refractivity contribution >= 4 is 11.6 Å². The fourth-order valence-corrected chi connectivity index (χ4v) is 1.68. The number of hydrogen-bond acceptors (Lipinski definition) is 3. The topological polar surface area (TPSA) is 56.1 Å². The summed E-state index contributed by atoms with van der Waals surface area (Å²) in [4.78, 5) is 11.9. The molecule has 0 bridgehead atoms. The molecule has 1 unspecified atom stereocenters. The van der Waals surface area contributed by atoms with E-state index < -0.39 is 6.10 Å². The van der Waals surface area contributed by atoms with E-state index in [1.165, 1.54) is 0 Å². The normalized spacial score (nSPS) is 11.9. The number of anilines is 1. The smallest absolute Gasteiger partial charge is 0.265 e. The van der Waals surface area contributed by atoms with Gasteiger partial charge in [-0.2, -0.15) is 5.10 Å². The lowest BCUT2D eigenvalue weighted by atomic mass is 10.2. The molecule has 1 amide bonds. The maximum Gasteiger partial charge on any atom is 0.265 e. The largest absolute Gasteiger partial charge is 0.481 e. The van der Waals surface area contributed by atoms with E-state index in [0.29, 0.717) is 11.4 Å². The second-order valence-corrected chi connectivity index (χ2v) is 4.47. The lowest BCUT2D eigenvalue weighted by Gasteiger charge is -2.14. The van der Waals surface area contributed by atoms with Crippen LogP contribution in [-0.4, -0.2) is 21.8 Å². The highest BCUT2D eigenvalue weighted by Gasteiger charge is 2.15. The number of aromatic nitrogens is 2. The lowest BCUT2D eigenvalue weighted by Crippen LogP contribution is -2.30. The molecule has 1 atom stereocenters. The molecular weight excluding hydrogens is 242 g/mol. The van der Waals surface area contributed by atoms with Gasteiger partial charge in [-0.1, -0.05) is 12.1 Å². The van der Waals surface area contributed by atoms with Crippen LogP contribution in [0.2, 0.25) is 0 Å². The standard InChI is InChI=1S/C14H17N3O2/c1-10-5-4-6-13(7-10)19-11(2)14(18)16-12-8-15-17(3)9-12/h4-9,11H,1-3H3,(H,16,18). The van der Waals surface area contributed by atoms with Crippen LogP contribution in [-0.2, 0) is 11.8 Å². The number of ether oxygens (including phenoxy) is 1. The quantitative estimate of drug-likeness (QED) is 0.915. The van der Waals surface area contributed by atoms with Crippen molar-refractivity contribution in [3.63, 3.8) is 0 Å². The van der Waals surface area contributed by atoms with Gasteiger partial charge >= 0.3 is 0 Å². The highest BCUT2D eigenvalue weighted by Crippen LogP contribution is 2.15. The average Bonchev–Trinajstić information content (AvgIpc) is 2.74. The molecule has 5 heteroatoms. The first-order valence-corrected chi connectivity index (χ1v) is 6.07. The van der Waals surface area contributed by atoms with E-state index in [2.05, 4.69) is 10.4 Å². The Kier molecular flexibility index (Phi) is 3.85. The highest BCUT2D eigenvalue weighted by molar-refractivity contribution is 5.93. The number of rotatable bonds is 4. The Balaban J connectivity index is 1.96. The minimum atomic E-state index is -0.568. The van der Waals surface area contributed by atoms with Crippen molar-refractivity contribution in [3.8, 4) is 5.75 Å². The summed E-state index contributed by atoms with van der Waals surface area (Å²) in [5, 5.41) is 6.74. The zero-order valence-corrected chi connectivity index (χ0v) is 11.3. The van der Waals surface area contributed by atoms with Crippen molar-refractivity contribution in [2.75, 3.05) is 5.32 Å². The number of carbonyl (C=O) groups excluding carboxylic acids is 1. The number of amides is 1. The summed E-state index contributed by atoms with van der Waals surface area (Å²) in [6.45, 7) is 3.70. The third kappa shape index (κ3) is 3.58. The summed E-state index contributed by atoms with van der Waals surface area (Å²) in [5.74, 6) is 0.489. The molecule has 0 saturated carbocycles. The van der Waals surface area contributed by atoms with Crippen LogP contribution in [0, 0.1) is 6.92 Å². The maximum atomic E-state index is 11.9. The van der Waals surface area contributed by atoms with Gasteiger partial charge in [0.05, 0.1) is 11.9 Å². The molecule has 100 valence electrons. The Labute approximate surface area is 112 Å². The third-order valence-corrected chi connectivity index (χ3v) is 2.64. The van der Waals surface area contributed by atoms with E-state index in [-0.39, 0.29) is 5.91 Å². The van der Waals surface area contributed by atoms with E-state index >= 15 is 0 Å². The molecule has 1 N–H and O–H groups in total. The molecule has 1 heterocycles. The van der Waals surface area contributed by atoms with E-state index in [9.17, 15) is 4.79 Å². The fourth-order valence-electron chi connectivity index (χ4n) is 1.68. The molecule has 0 aliphatic carbocycles. The number of aryl methyl sites for hydroxylation is 2. The van der Waals surface area contributed by atoms with E-state index in [0.717, 1.165) is 5.56 Å². The van der Waals surface area contributed by atoms with Gasteiger partial charge in [0.15, 0.2) is 6.10 Å². The predicted octanol–water partition coefficient (Wildman–Crippen LogP) is 2.13. The van der Waals surface area contributed by atoms with Crippen molar-refractivity contribution in [2.24, 2.45) is 7.05 Å². The van der Waals surface area contributed by atoms with Gasteiger partial charge in [0.1, 0.15) is 5.75 Å². The summed E-state index contributed by atoms with van der Waals surface area (Å²) in [7, 11) is 1.79. The van der Waals surface area contributed by atoms with Gasteiger partial charge in [0.25, 0.3) is 5.91 Å². The summed E-state index contributed by atoms with van der Waals surface area (Å²) in [6.07, 6.45) is 2.76. The van der Waals surface area contributed by atoms with Crippen molar-refractivity contribution in [1.82, 2.24) is 9.78 Å². The van der Waals surface area contributed by atoms with Crippen LogP contribution >= 0.6 is 0 Å². The van der Waals surface area contributed by atoms with Crippen LogP contribution in [0.4, 0.5) is 5.69 Å². The molecule has 0 radical (unpaired) electrons. The molecule has 5 nitrogen and oxygen atoms in total. The third-order valence-electron chi connectivity index (χ3n) is 2.64. The van der Waals surface area contributed by atoms with Crippen molar-refractivity contribution in [1.29, 1.82) is 0 Å². The number of benzene rings is 1. The van der Waals surface area contributed by atoms with Crippen LogP contribution in [0.1, 0.15) is 12.5 Å². The molecule has 0 aliphatic rings. The van der Waals surface area contributed by atoms with Crippen LogP contribution in [0.5, 0.6) is 5.75 Å². The molecule has 0 saturated heterocycles.